The Morgan fingerprint density at radius 1 is 1.40 bits per heavy atom. The lowest BCUT2D eigenvalue weighted by atomic mass is 10.2. The van der Waals surface area contributed by atoms with Gasteiger partial charge in [-0.15, -0.1) is 0 Å². The van der Waals surface area contributed by atoms with E-state index in [4.69, 9.17) is 9.84 Å². The Morgan fingerprint density at radius 2 is 2.20 bits per heavy atom. The Kier molecular flexibility index (Phi) is 4.61. The highest BCUT2D eigenvalue weighted by atomic mass is 16.5. The van der Waals surface area contributed by atoms with Gasteiger partial charge in [-0.3, -0.25) is 9.59 Å². The Bertz CT molecular complexity index is 500. The summed E-state index contributed by atoms with van der Waals surface area (Å²) in [6.07, 6.45) is 2.47. The van der Waals surface area contributed by atoms with E-state index in [-0.39, 0.29) is 5.91 Å². The van der Waals surface area contributed by atoms with Crippen LogP contribution in [-0.4, -0.2) is 23.6 Å². The molecule has 5 heteroatoms. The summed E-state index contributed by atoms with van der Waals surface area (Å²) in [4.78, 5) is 22.6. The molecule has 20 heavy (non-hydrogen) atoms. The van der Waals surface area contributed by atoms with Crippen molar-refractivity contribution in [2.24, 2.45) is 11.8 Å². The fourth-order valence-electron chi connectivity index (χ4n) is 1.99. The molecule has 1 aromatic rings. The maximum atomic E-state index is 11.8. The zero-order valence-corrected chi connectivity index (χ0v) is 11.5. The van der Waals surface area contributed by atoms with Gasteiger partial charge in [0.05, 0.1) is 18.4 Å². The maximum Gasteiger partial charge on any atom is 0.307 e. The molecule has 2 atom stereocenters. The highest BCUT2D eigenvalue weighted by Crippen LogP contribution is 2.39. The monoisotopic (exact) mass is 277 g/mol. The van der Waals surface area contributed by atoms with Crippen LogP contribution in [-0.2, 0) is 9.59 Å². The van der Waals surface area contributed by atoms with E-state index in [0.717, 1.165) is 12.8 Å². The number of carboxylic acid groups (broad SMARTS) is 1. The van der Waals surface area contributed by atoms with Gasteiger partial charge in [0, 0.05) is 11.8 Å². The van der Waals surface area contributed by atoms with E-state index in [1.54, 1.807) is 18.2 Å². The van der Waals surface area contributed by atoms with E-state index in [0.29, 0.717) is 24.5 Å². The molecular formula is C15H19NO4. The Labute approximate surface area is 117 Å². The molecular weight excluding hydrogens is 258 g/mol. The molecule has 0 aromatic heterocycles. The van der Waals surface area contributed by atoms with Gasteiger partial charge in [0.15, 0.2) is 0 Å². The number of carbonyl (C=O) groups is 2. The first-order chi connectivity index (χ1) is 9.61. The number of hydrogen-bond acceptors (Lipinski definition) is 3. The summed E-state index contributed by atoms with van der Waals surface area (Å²) < 4.78 is 5.56. The van der Waals surface area contributed by atoms with Crippen molar-refractivity contribution < 1.29 is 19.4 Å². The fraction of sp³-hybridized carbons (Fsp3) is 0.467. The molecule has 0 bridgehead atoms. The van der Waals surface area contributed by atoms with E-state index in [1.807, 2.05) is 6.07 Å². The molecule has 0 radical (unpaired) electrons. The third-order valence-corrected chi connectivity index (χ3v) is 3.31. The summed E-state index contributed by atoms with van der Waals surface area (Å²) in [7, 11) is 0. The van der Waals surface area contributed by atoms with Crippen molar-refractivity contribution in [3.05, 3.63) is 24.3 Å². The van der Waals surface area contributed by atoms with Crippen LogP contribution in [0.25, 0.3) is 0 Å². The van der Waals surface area contributed by atoms with E-state index >= 15 is 0 Å². The third-order valence-electron chi connectivity index (χ3n) is 3.31. The number of hydrogen-bond donors (Lipinski definition) is 2. The quantitative estimate of drug-likeness (QED) is 0.751. The third kappa shape index (κ3) is 3.73. The van der Waals surface area contributed by atoms with Gasteiger partial charge in [0.1, 0.15) is 5.75 Å². The van der Waals surface area contributed by atoms with Crippen molar-refractivity contribution in [2.45, 2.75) is 26.2 Å². The number of nitrogens with one attached hydrogen (secondary N) is 1. The highest BCUT2D eigenvalue weighted by Gasteiger charge is 2.48. The predicted octanol–water partition coefficient (Wildman–Crippen LogP) is 2.52. The second-order valence-electron chi connectivity index (χ2n) is 5.01. The minimum Gasteiger partial charge on any atom is -0.494 e. The van der Waals surface area contributed by atoms with Crippen LogP contribution in [0.15, 0.2) is 24.3 Å². The first kappa shape index (κ1) is 14.4. The van der Waals surface area contributed by atoms with Crippen LogP contribution in [0.2, 0.25) is 0 Å². The molecule has 2 N–H and O–H groups in total. The lowest BCUT2D eigenvalue weighted by molar-refractivity contribution is -0.139. The zero-order chi connectivity index (χ0) is 14.5. The Morgan fingerprint density at radius 3 is 2.85 bits per heavy atom. The molecule has 0 heterocycles. The van der Waals surface area contributed by atoms with E-state index in [1.165, 1.54) is 0 Å². The van der Waals surface area contributed by atoms with Gasteiger partial charge in [0.2, 0.25) is 5.91 Å². The Hall–Kier alpha value is -2.04. The molecule has 2 unspecified atom stereocenters. The molecule has 0 spiro atoms. The number of ether oxygens (including phenoxy) is 1. The summed E-state index contributed by atoms with van der Waals surface area (Å²) in [5.41, 5.74) is 0.639. The summed E-state index contributed by atoms with van der Waals surface area (Å²) in [5.74, 6) is -1.36. The molecule has 0 saturated heterocycles. The van der Waals surface area contributed by atoms with Gasteiger partial charge >= 0.3 is 5.97 Å². The minimum atomic E-state index is -0.901. The van der Waals surface area contributed by atoms with Gasteiger partial charge in [-0.2, -0.15) is 0 Å². The molecule has 0 aliphatic heterocycles. The van der Waals surface area contributed by atoms with Crippen LogP contribution in [0.3, 0.4) is 0 Å². The van der Waals surface area contributed by atoms with Gasteiger partial charge in [-0.05, 0) is 25.0 Å². The smallest absolute Gasteiger partial charge is 0.307 e. The van der Waals surface area contributed by atoms with Gasteiger partial charge in [0.25, 0.3) is 0 Å². The zero-order valence-electron chi connectivity index (χ0n) is 11.5. The average molecular weight is 277 g/mol. The molecule has 108 valence electrons. The van der Waals surface area contributed by atoms with Crippen molar-refractivity contribution in [3.63, 3.8) is 0 Å². The molecule has 5 nitrogen and oxygen atoms in total. The molecule has 1 aliphatic carbocycles. The first-order valence-electron chi connectivity index (χ1n) is 6.88. The largest absolute Gasteiger partial charge is 0.494 e. The Balaban J connectivity index is 1.88. The second-order valence-corrected chi connectivity index (χ2v) is 5.01. The number of amides is 1. The van der Waals surface area contributed by atoms with Crippen LogP contribution in [0, 0.1) is 11.8 Å². The van der Waals surface area contributed by atoms with Crippen LogP contribution in [0.1, 0.15) is 26.2 Å². The van der Waals surface area contributed by atoms with Crippen molar-refractivity contribution >= 4 is 17.6 Å². The number of unbranched alkanes of at least 4 members (excludes halogenated alkanes) is 1. The number of carboxylic acids is 1. The number of rotatable bonds is 7. The molecule has 1 aliphatic rings. The predicted molar refractivity (Wildman–Crippen MR) is 74.7 cm³/mol. The van der Waals surface area contributed by atoms with Crippen LogP contribution < -0.4 is 10.1 Å². The van der Waals surface area contributed by atoms with Crippen LogP contribution >= 0.6 is 0 Å². The van der Waals surface area contributed by atoms with Crippen LogP contribution in [0.5, 0.6) is 5.75 Å². The van der Waals surface area contributed by atoms with E-state index in [9.17, 15) is 9.59 Å². The summed E-state index contributed by atoms with van der Waals surface area (Å²) >= 11 is 0. The normalized spacial score (nSPS) is 20.2. The van der Waals surface area contributed by atoms with Crippen molar-refractivity contribution in [2.75, 3.05) is 11.9 Å². The topological polar surface area (TPSA) is 75.6 Å². The maximum absolute atomic E-state index is 11.8. The van der Waals surface area contributed by atoms with Gasteiger partial charge in [-0.25, -0.2) is 0 Å². The molecule has 1 amide bonds. The molecule has 2 rings (SSSR count). The highest BCUT2D eigenvalue weighted by molar-refractivity contribution is 5.98. The SMILES string of the molecule is CCCCOc1cccc(NC(=O)C2CC2C(=O)O)c1. The van der Waals surface area contributed by atoms with Gasteiger partial charge < -0.3 is 15.2 Å². The fourth-order valence-corrected chi connectivity index (χ4v) is 1.99. The molecule has 1 fully saturated rings. The standard InChI is InChI=1S/C15H19NO4/c1-2-3-7-20-11-6-4-5-10(8-11)16-14(17)12-9-13(12)15(18)19/h4-6,8,12-13H,2-3,7,9H2,1H3,(H,16,17)(H,18,19). The lowest BCUT2D eigenvalue weighted by Crippen LogP contribution is -2.16. The first-order valence-corrected chi connectivity index (χ1v) is 6.88. The van der Waals surface area contributed by atoms with E-state index in [2.05, 4.69) is 12.2 Å². The number of benzene rings is 1. The second kappa shape index (κ2) is 6.41. The van der Waals surface area contributed by atoms with Crippen LogP contribution in [0.4, 0.5) is 5.69 Å². The number of anilines is 1. The van der Waals surface area contributed by atoms with Crippen molar-refractivity contribution in [1.82, 2.24) is 0 Å². The van der Waals surface area contributed by atoms with Crippen molar-refractivity contribution in [1.29, 1.82) is 0 Å². The number of aliphatic carboxylic acids is 1. The average Bonchev–Trinajstić information content (AvgIpc) is 3.20. The number of carbonyl (C=O) groups excluding carboxylic acids is 1. The molecule has 1 saturated carbocycles. The lowest BCUT2D eigenvalue weighted by Gasteiger charge is -2.08. The van der Waals surface area contributed by atoms with Gasteiger partial charge in [-0.1, -0.05) is 19.4 Å². The summed E-state index contributed by atoms with van der Waals surface area (Å²) in [6.45, 7) is 2.74. The summed E-state index contributed by atoms with van der Waals surface area (Å²) in [5, 5.41) is 11.5. The molecule has 1 aromatic carbocycles. The van der Waals surface area contributed by atoms with E-state index < -0.39 is 17.8 Å². The summed E-state index contributed by atoms with van der Waals surface area (Å²) in [6, 6.07) is 7.16. The van der Waals surface area contributed by atoms with Crippen molar-refractivity contribution in [3.8, 4) is 5.75 Å². The minimum absolute atomic E-state index is 0.233.